The van der Waals surface area contributed by atoms with E-state index in [4.69, 9.17) is 5.73 Å². The molecule has 0 bridgehead atoms. The smallest absolute Gasteiger partial charge is 0.0266 e. The average Bonchev–Trinajstić information content (AvgIpc) is 1.88. The highest BCUT2D eigenvalue weighted by Gasteiger charge is 1.96. The Morgan fingerprint density at radius 2 is 2.20 bits per heavy atom. The molecule has 1 nitrogen and oxygen atoms in total. The fraction of sp³-hybridized carbons (Fsp3) is 0.222. The largest absolute Gasteiger partial charge is 0.324 e. The Morgan fingerprint density at radius 3 is 2.60 bits per heavy atom. The second-order valence-electron chi connectivity index (χ2n) is 2.53. The lowest BCUT2D eigenvalue weighted by Crippen LogP contribution is -2.04. The third-order valence-electron chi connectivity index (χ3n) is 1.48. The van der Waals surface area contributed by atoms with Crippen LogP contribution in [0.1, 0.15) is 24.1 Å². The Morgan fingerprint density at radius 1 is 1.50 bits per heavy atom. The third-order valence-corrected chi connectivity index (χ3v) is 1.48. The molecule has 0 amide bonds. The number of hydrogen-bond acceptors (Lipinski definition) is 1. The minimum absolute atomic E-state index is 0.113. The van der Waals surface area contributed by atoms with E-state index in [1.807, 2.05) is 31.2 Å². The van der Waals surface area contributed by atoms with Gasteiger partial charge in [-0.2, -0.15) is 0 Å². The van der Waals surface area contributed by atoms with Crippen molar-refractivity contribution in [2.75, 3.05) is 0 Å². The monoisotopic (exact) mass is 134 g/mol. The molecule has 53 valence electrons. The molecule has 0 spiro atoms. The van der Waals surface area contributed by atoms with Crippen LogP contribution < -0.4 is 5.73 Å². The second-order valence-corrected chi connectivity index (χ2v) is 2.53. The van der Waals surface area contributed by atoms with Gasteiger partial charge in [-0.3, -0.25) is 0 Å². The highest BCUT2D eigenvalue weighted by Crippen LogP contribution is 2.10. The van der Waals surface area contributed by atoms with Crippen LogP contribution in [-0.4, -0.2) is 0 Å². The molecule has 0 saturated carbocycles. The van der Waals surface area contributed by atoms with Gasteiger partial charge < -0.3 is 5.73 Å². The molecule has 2 N–H and O–H groups in total. The van der Waals surface area contributed by atoms with E-state index in [1.165, 1.54) is 0 Å². The fourth-order valence-electron chi connectivity index (χ4n) is 0.876. The first-order valence-corrected chi connectivity index (χ1v) is 3.37. The first kappa shape index (κ1) is 7.29. The van der Waals surface area contributed by atoms with Gasteiger partial charge in [-0.05, 0) is 25.0 Å². The van der Waals surface area contributed by atoms with E-state index in [0.29, 0.717) is 0 Å². The van der Waals surface area contributed by atoms with Crippen LogP contribution >= 0.6 is 0 Å². The zero-order valence-electron chi connectivity index (χ0n) is 6.17. The Bertz CT molecular complexity index is 216. The molecule has 1 rings (SSSR count). The van der Waals surface area contributed by atoms with E-state index in [0.717, 1.165) is 11.1 Å². The molecule has 1 aromatic carbocycles. The van der Waals surface area contributed by atoms with Crippen molar-refractivity contribution in [3.8, 4) is 0 Å². The van der Waals surface area contributed by atoms with Crippen LogP contribution in [0, 0.1) is 6.92 Å². The first-order valence-electron chi connectivity index (χ1n) is 3.37. The number of hydrogen-bond donors (Lipinski definition) is 1. The lowest BCUT2D eigenvalue weighted by atomic mass is 10.1. The molecule has 0 aromatic heterocycles. The molecule has 10 heavy (non-hydrogen) atoms. The summed E-state index contributed by atoms with van der Waals surface area (Å²) in [6, 6.07) is 8.07. The molecular weight excluding hydrogens is 122 g/mol. The lowest BCUT2D eigenvalue weighted by molar-refractivity contribution is 0.817. The topological polar surface area (TPSA) is 26.0 Å². The molecule has 1 atom stereocenters. The van der Waals surface area contributed by atoms with Crippen LogP contribution in [0.25, 0.3) is 0 Å². The molecule has 1 radical (unpaired) electrons. The van der Waals surface area contributed by atoms with Gasteiger partial charge in [0.1, 0.15) is 0 Å². The lowest BCUT2D eigenvalue weighted by Gasteiger charge is -2.04. The van der Waals surface area contributed by atoms with E-state index in [2.05, 4.69) is 6.92 Å². The molecule has 0 aliphatic rings. The summed E-state index contributed by atoms with van der Waals surface area (Å²) in [5.74, 6) is 0. The van der Waals surface area contributed by atoms with Gasteiger partial charge in [-0.15, -0.1) is 0 Å². The zero-order valence-corrected chi connectivity index (χ0v) is 6.17. The molecule has 1 unspecified atom stereocenters. The van der Waals surface area contributed by atoms with Gasteiger partial charge in [0, 0.05) is 6.04 Å². The van der Waals surface area contributed by atoms with Crippen LogP contribution in [-0.2, 0) is 0 Å². The summed E-state index contributed by atoms with van der Waals surface area (Å²) >= 11 is 0. The number of nitrogens with two attached hydrogens (primary N) is 1. The van der Waals surface area contributed by atoms with Crippen molar-refractivity contribution in [2.24, 2.45) is 5.73 Å². The summed E-state index contributed by atoms with van der Waals surface area (Å²) in [4.78, 5) is 0. The average molecular weight is 134 g/mol. The summed E-state index contributed by atoms with van der Waals surface area (Å²) in [5, 5.41) is 0. The summed E-state index contributed by atoms with van der Waals surface area (Å²) in [6.45, 7) is 5.78. The zero-order chi connectivity index (χ0) is 7.56. The minimum Gasteiger partial charge on any atom is -0.324 e. The molecule has 1 heteroatoms. The maximum absolute atomic E-state index is 5.65. The van der Waals surface area contributed by atoms with Gasteiger partial charge in [-0.1, -0.05) is 24.3 Å². The van der Waals surface area contributed by atoms with Crippen LogP contribution in [0.3, 0.4) is 0 Å². The SMILES string of the molecule is [CH2]c1cccc(C(C)N)c1. The Kier molecular flexibility index (Phi) is 2.07. The van der Waals surface area contributed by atoms with Gasteiger partial charge in [0.15, 0.2) is 0 Å². The van der Waals surface area contributed by atoms with Crippen molar-refractivity contribution >= 4 is 0 Å². The Labute approximate surface area is 61.9 Å². The highest BCUT2D eigenvalue weighted by atomic mass is 14.6. The normalized spacial score (nSPS) is 13.1. The molecule has 0 heterocycles. The summed E-state index contributed by atoms with van der Waals surface area (Å²) in [5.41, 5.74) is 7.82. The van der Waals surface area contributed by atoms with Gasteiger partial charge in [0.05, 0.1) is 0 Å². The quantitative estimate of drug-likeness (QED) is 0.623. The summed E-state index contributed by atoms with van der Waals surface area (Å²) in [7, 11) is 0. The highest BCUT2D eigenvalue weighted by molar-refractivity contribution is 5.26. The Balaban J connectivity index is 2.96. The molecule has 0 aliphatic heterocycles. The van der Waals surface area contributed by atoms with Crippen molar-refractivity contribution in [2.45, 2.75) is 13.0 Å². The molecule has 1 aromatic rings. The van der Waals surface area contributed by atoms with E-state index < -0.39 is 0 Å². The predicted octanol–water partition coefficient (Wildman–Crippen LogP) is 1.89. The van der Waals surface area contributed by atoms with Crippen molar-refractivity contribution < 1.29 is 0 Å². The number of rotatable bonds is 1. The molecule has 0 aliphatic carbocycles. The van der Waals surface area contributed by atoms with E-state index in [1.54, 1.807) is 0 Å². The van der Waals surface area contributed by atoms with Gasteiger partial charge in [-0.25, -0.2) is 0 Å². The molecular formula is C9H12N. The van der Waals surface area contributed by atoms with Gasteiger partial charge >= 0.3 is 0 Å². The van der Waals surface area contributed by atoms with Crippen molar-refractivity contribution in [1.29, 1.82) is 0 Å². The van der Waals surface area contributed by atoms with Crippen molar-refractivity contribution in [1.82, 2.24) is 0 Å². The van der Waals surface area contributed by atoms with Gasteiger partial charge in [0.25, 0.3) is 0 Å². The van der Waals surface area contributed by atoms with Crippen molar-refractivity contribution in [3.05, 3.63) is 42.3 Å². The maximum Gasteiger partial charge on any atom is 0.0266 e. The summed E-state index contributed by atoms with van der Waals surface area (Å²) < 4.78 is 0. The second kappa shape index (κ2) is 2.84. The van der Waals surface area contributed by atoms with Crippen LogP contribution in [0.4, 0.5) is 0 Å². The fourth-order valence-corrected chi connectivity index (χ4v) is 0.876. The van der Waals surface area contributed by atoms with E-state index in [9.17, 15) is 0 Å². The van der Waals surface area contributed by atoms with Crippen molar-refractivity contribution in [3.63, 3.8) is 0 Å². The molecule has 0 fully saturated rings. The Hall–Kier alpha value is -0.820. The minimum atomic E-state index is 0.113. The van der Waals surface area contributed by atoms with Crippen LogP contribution in [0.5, 0.6) is 0 Å². The molecule has 0 saturated heterocycles. The van der Waals surface area contributed by atoms with Crippen LogP contribution in [0.2, 0.25) is 0 Å². The van der Waals surface area contributed by atoms with E-state index in [-0.39, 0.29) is 6.04 Å². The first-order chi connectivity index (χ1) is 4.70. The standard InChI is InChI=1S/C9H12N/c1-7-4-3-5-9(6-7)8(2)10/h3-6,8H,1,10H2,2H3. The third kappa shape index (κ3) is 1.58. The number of benzene rings is 1. The van der Waals surface area contributed by atoms with E-state index >= 15 is 0 Å². The summed E-state index contributed by atoms with van der Waals surface area (Å²) in [6.07, 6.45) is 0. The van der Waals surface area contributed by atoms with Gasteiger partial charge in [0.2, 0.25) is 0 Å². The maximum atomic E-state index is 5.65. The van der Waals surface area contributed by atoms with Crippen LogP contribution in [0.15, 0.2) is 24.3 Å². The predicted molar refractivity (Wildman–Crippen MR) is 43.5 cm³/mol.